The Kier molecular flexibility index (Phi) is 9.44. The fourth-order valence-corrected chi connectivity index (χ4v) is 6.80. The molecule has 15 nitrogen and oxygen atoms in total. The van der Waals surface area contributed by atoms with Crippen LogP contribution in [0.2, 0.25) is 0 Å². The van der Waals surface area contributed by atoms with Crippen molar-refractivity contribution in [1.29, 1.82) is 0 Å². The average molecular weight is 601 g/mol. The summed E-state index contributed by atoms with van der Waals surface area (Å²) in [6.07, 6.45) is -1.71. The van der Waals surface area contributed by atoms with E-state index in [1.807, 2.05) is 0 Å². The van der Waals surface area contributed by atoms with Crippen LogP contribution in [0, 0.1) is 6.92 Å². The van der Waals surface area contributed by atoms with Crippen molar-refractivity contribution in [2.75, 3.05) is 19.5 Å². The van der Waals surface area contributed by atoms with Gasteiger partial charge in [-0.2, -0.15) is 4.72 Å². The average Bonchev–Trinajstić information content (AvgIpc) is 2.89. The number of hydrogen-bond donors (Lipinski definition) is 5. The molecule has 0 spiro atoms. The highest BCUT2D eigenvalue weighted by molar-refractivity contribution is 8.00. The van der Waals surface area contributed by atoms with Gasteiger partial charge >= 0.3 is 18.0 Å². The molecule has 6 N–H and O–H groups in total. The van der Waals surface area contributed by atoms with E-state index in [1.165, 1.54) is 12.1 Å². The number of primary amides is 1. The predicted molar refractivity (Wildman–Crippen MR) is 138 cm³/mol. The first kappa shape index (κ1) is 30.9. The van der Waals surface area contributed by atoms with Gasteiger partial charge in [-0.25, -0.2) is 18.0 Å². The van der Waals surface area contributed by atoms with Gasteiger partial charge in [0.05, 0.1) is 4.90 Å². The molecule has 2 aliphatic rings. The van der Waals surface area contributed by atoms with Crippen molar-refractivity contribution in [3.63, 3.8) is 0 Å². The van der Waals surface area contributed by atoms with Gasteiger partial charge in [-0.05, 0) is 31.9 Å². The zero-order chi connectivity index (χ0) is 29.8. The van der Waals surface area contributed by atoms with Crippen LogP contribution < -0.4 is 15.8 Å². The van der Waals surface area contributed by atoms with Crippen molar-refractivity contribution in [2.45, 2.75) is 48.2 Å². The third kappa shape index (κ3) is 6.38. The number of nitrogens with two attached hydrogens (primary N) is 1. The number of benzene rings is 1. The molecule has 1 fully saturated rings. The number of hydrogen-bond acceptors (Lipinski definition) is 10. The van der Waals surface area contributed by atoms with E-state index in [9.17, 15) is 42.6 Å². The number of carboxylic acid groups (broad SMARTS) is 2. The Morgan fingerprint density at radius 2 is 1.88 bits per heavy atom. The van der Waals surface area contributed by atoms with Crippen molar-refractivity contribution in [3.8, 4) is 0 Å². The Labute approximate surface area is 233 Å². The number of sulfonamides is 1. The first-order valence-electron chi connectivity index (χ1n) is 11.7. The number of nitrogens with zero attached hydrogens (tertiary/aromatic N) is 1. The highest BCUT2D eigenvalue weighted by Crippen LogP contribution is 2.46. The van der Waals surface area contributed by atoms with Gasteiger partial charge < -0.3 is 30.7 Å². The van der Waals surface area contributed by atoms with E-state index in [-0.39, 0.29) is 35.5 Å². The topological polar surface area (TPSA) is 232 Å². The van der Waals surface area contributed by atoms with Crippen LogP contribution in [0.5, 0.6) is 0 Å². The van der Waals surface area contributed by atoms with Gasteiger partial charge in [-0.3, -0.25) is 19.3 Å². The fourth-order valence-electron chi connectivity index (χ4n) is 4.15. The summed E-state index contributed by atoms with van der Waals surface area (Å²) in [7, 11) is -2.98. The van der Waals surface area contributed by atoms with Crippen LogP contribution in [-0.2, 0) is 38.7 Å². The molecule has 1 aromatic carbocycles. The molecule has 0 aromatic heterocycles. The van der Waals surface area contributed by atoms with Gasteiger partial charge in [-0.1, -0.05) is 17.7 Å². The Morgan fingerprint density at radius 3 is 2.42 bits per heavy atom. The number of fused-ring (bicyclic) bond motifs is 1. The minimum atomic E-state index is -4.14. The van der Waals surface area contributed by atoms with Crippen molar-refractivity contribution in [3.05, 3.63) is 41.1 Å². The third-order valence-corrected chi connectivity index (χ3v) is 9.03. The predicted octanol–water partition coefficient (Wildman–Crippen LogP) is -0.295. The number of methoxy groups -OCH3 is 1. The van der Waals surface area contributed by atoms with Gasteiger partial charge in [0.2, 0.25) is 15.9 Å². The van der Waals surface area contributed by atoms with E-state index in [1.54, 1.807) is 19.1 Å². The van der Waals surface area contributed by atoms with Gasteiger partial charge in [0, 0.05) is 24.9 Å². The van der Waals surface area contributed by atoms with Crippen molar-refractivity contribution >= 4 is 51.6 Å². The Hall–Kier alpha value is -3.67. The van der Waals surface area contributed by atoms with Crippen LogP contribution >= 0.6 is 11.8 Å². The number of aliphatic carboxylic acids is 2. The molecule has 1 saturated heterocycles. The fraction of sp³-hybridized carbons (Fsp3) is 0.435. The highest BCUT2D eigenvalue weighted by atomic mass is 32.2. The second-order valence-corrected chi connectivity index (χ2v) is 11.7. The molecule has 1 unspecified atom stereocenters. The smallest absolute Gasteiger partial charge is 0.404 e. The third-order valence-electron chi connectivity index (χ3n) is 6.17. The zero-order valence-corrected chi connectivity index (χ0v) is 23.0. The first-order valence-corrected chi connectivity index (χ1v) is 14.3. The monoisotopic (exact) mass is 600 g/mol. The number of amides is 3. The number of thioether (sulfide) groups is 1. The van der Waals surface area contributed by atoms with Gasteiger partial charge in [-0.15, -0.1) is 11.8 Å². The lowest BCUT2D eigenvalue weighted by atomic mass is 9.97. The molecule has 0 saturated carbocycles. The molecule has 0 bridgehead atoms. The number of carbonyl (C=O) groups excluding carboxylic acids is 3. The second kappa shape index (κ2) is 12.2. The van der Waals surface area contributed by atoms with Crippen molar-refractivity contribution < 1.29 is 52.1 Å². The number of carboxylic acids is 2. The van der Waals surface area contributed by atoms with Crippen molar-refractivity contribution in [2.24, 2.45) is 5.73 Å². The van der Waals surface area contributed by atoms with Crippen LogP contribution in [-0.4, -0.2) is 90.0 Å². The normalized spacial score (nSPS) is 21.2. The van der Waals surface area contributed by atoms with Gasteiger partial charge in [0.15, 0.2) is 0 Å². The molecule has 218 valence electrons. The number of nitrogens with one attached hydrogen (secondary N) is 2. The Balaban J connectivity index is 1.63. The summed E-state index contributed by atoms with van der Waals surface area (Å²) in [5, 5.41) is 20.7. The highest BCUT2D eigenvalue weighted by Gasteiger charge is 2.66. The molecule has 3 atom stereocenters. The van der Waals surface area contributed by atoms with Crippen LogP contribution in [0.3, 0.4) is 0 Å². The summed E-state index contributed by atoms with van der Waals surface area (Å²) < 4.78 is 37.3. The van der Waals surface area contributed by atoms with Crippen LogP contribution in [0.4, 0.5) is 4.79 Å². The van der Waals surface area contributed by atoms with E-state index in [4.69, 9.17) is 10.5 Å². The van der Waals surface area contributed by atoms with E-state index in [0.717, 1.165) is 29.3 Å². The number of β-lactam (4-membered cyclic amide) rings is 1. The van der Waals surface area contributed by atoms with Crippen molar-refractivity contribution in [1.82, 2.24) is 14.9 Å². The molecule has 2 heterocycles. The molecule has 17 heteroatoms. The molecule has 3 rings (SSSR count). The van der Waals surface area contributed by atoms with Gasteiger partial charge in [0.25, 0.3) is 11.6 Å². The summed E-state index contributed by atoms with van der Waals surface area (Å²) in [6, 6.07) is 4.30. The summed E-state index contributed by atoms with van der Waals surface area (Å²) >= 11 is 1.07. The number of ether oxygens (including phenoxy) is 2. The second-order valence-electron chi connectivity index (χ2n) is 8.91. The Bertz CT molecular complexity index is 1350. The molecular weight excluding hydrogens is 572 g/mol. The molecule has 0 radical (unpaired) electrons. The number of aryl methyl sites for hydroxylation is 1. The summed E-state index contributed by atoms with van der Waals surface area (Å²) in [5.41, 5.74) is 3.58. The number of carbonyl (C=O) groups is 5. The van der Waals surface area contributed by atoms with E-state index < -0.39 is 69.3 Å². The molecule has 3 amide bonds. The SMILES string of the molecule is CO[C@@]1(NC(=O)CCCC(NS(=O)(=O)c2ccc(C)cc2)C(=O)O)C(=O)N2C(C(=O)O)=C(COC(N)=O)CS[C@H]21. The summed E-state index contributed by atoms with van der Waals surface area (Å²) in [5.74, 6) is -4.43. The maximum Gasteiger partial charge on any atom is 0.404 e. The molecule has 0 aliphatic carbocycles. The lowest BCUT2D eigenvalue weighted by molar-refractivity contribution is -0.192. The standard InChI is InChI=1S/C23H28N4O11S2/c1-12-6-8-14(9-7-12)40(35,36)26-15(18(29)30)4-3-5-16(28)25-23(37-2)20(33)27-17(19(31)32)13(10-38-22(24)34)11-39-21(23)27/h6-9,15,21,26H,3-5,10-11H2,1-2H3,(H2,24,34)(H,25,28)(H,29,30)(H,31,32)/t15?,21-,23-/m0/s1. The molecular formula is C23H28N4O11S2. The minimum absolute atomic E-state index is 0.0335. The Morgan fingerprint density at radius 1 is 1.23 bits per heavy atom. The summed E-state index contributed by atoms with van der Waals surface area (Å²) in [6.45, 7) is 1.33. The molecule has 2 aliphatic heterocycles. The molecule has 40 heavy (non-hydrogen) atoms. The maximum atomic E-state index is 13.1. The quantitative estimate of drug-likeness (QED) is 0.145. The minimum Gasteiger partial charge on any atom is -0.480 e. The van der Waals surface area contributed by atoms with Crippen LogP contribution in [0.25, 0.3) is 0 Å². The van der Waals surface area contributed by atoms with Gasteiger partial charge in [0.1, 0.15) is 23.7 Å². The van der Waals surface area contributed by atoms with E-state index in [2.05, 4.69) is 14.8 Å². The lowest BCUT2D eigenvalue weighted by Gasteiger charge is -2.55. The lowest BCUT2D eigenvalue weighted by Crippen LogP contribution is -2.80. The maximum absolute atomic E-state index is 13.1. The van der Waals surface area contributed by atoms with E-state index >= 15 is 0 Å². The van der Waals surface area contributed by atoms with Crippen LogP contribution in [0.15, 0.2) is 40.4 Å². The van der Waals surface area contributed by atoms with Crippen LogP contribution in [0.1, 0.15) is 24.8 Å². The zero-order valence-electron chi connectivity index (χ0n) is 21.4. The number of rotatable bonds is 13. The largest absolute Gasteiger partial charge is 0.480 e. The summed E-state index contributed by atoms with van der Waals surface area (Å²) in [4.78, 5) is 61.1. The van der Waals surface area contributed by atoms with E-state index in [0.29, 0.717) is 0 Å². The first-order chi connectivity index (χ1) is 18.7. The molecule has 1 aromatic rings.